The molecule has 0 unspecified atom stereocenters. The molecule has 16 heavy (non-hydrogen) atoms. The normalized spacial score (nSPS) is 10.9. The summed E-state index contributed by atoms with van der Waals surface area (Å²) in [7, 11) is 0. The van der Waals surface area contributed by atoms with Gasteiger partial charge in [-0.15, -0.1) is 0 Å². The van der Waals surface area contributed by atoms with Gasteiger partial charge in [-0.2, -0.15) is 0 Å². The Morgan fingerprint density at radius 2 is 2.12 bits per heavy atom. The van der Waals surface area contributed by atoms with Crippen molar-refractivity contribution in [2.75, 3.05) is 0 Å². The maximum Gasteiger partial charge on any atom is 0.407 e. The number of pyridine rings is 1. The molecule has 5 nitrogen and oxygen atoms in total. The fourth-order valence-corrected chi connectivity index (χ4v) is 1.08. The topological polar surface area (TPSA) is 71.2 Å². The molecule has 88 valence electrons. The summed E-state index contributed by atoms with van der Waals surface area (Å²) in [6.07, 6.45) is -0.503. The van der Waals surface area contributed by atoms with Crippen LogP contribution >= 0.6 is 0 Å². The highest BCUT2D eigenvalue weighted by molar-refractivity contribution is 5.67. The first kappa shape index (κ1) is 12.3. The van der Waals surface area contributed by atoms with Crippen molar-refractivity contribution in [2.24, 2.45) is 0 Å². The number of amides is 1. The van der Waals surface area contributed by atoms with E-state index in [9.17, 15) is 9.59 Å². The van der Waals surface area contributed by atoms with Crippen LogP contribution < -0.4 is 10.9 Å². The number of aromatic amines is 1. The molecule has 0 atom stereocenters. The van der Waals surface area contributed by atoms with Crippen LogP contribution in [0.2, 0.25) is 0 Å². The molecule has 2 N–H and O–H groups in total. The molecular formula is C11H16N2O3. The third-order valence-electron chi connectivity index (χ3n) is 1.65. The number of ether oxygens (including phenoxy) is 1. The van der Waals surface area contributed by atoms with E-state index in [1.807, 2.05) is 0 Å². The molecule has 0 bridgehead atoms. The number of hydrogen-bond acceptors (Lipinski definition) is 3. The number of carbonyl (C=O) groups is 1. The predicted octanol–water partition coefficient (Wildman–Crippen LogP) is 1.40. The lowest BCUT2D eigenvalue weighted by Gasteiger charge is -2.19. The number of aromatic nitrogens is 1. The summed E-state index contributed by atoms with van der Waals surface area (Å²) in [6.45, 7) is 5.61. The lowest BCUT2D eigenvalue weighted by molar-refractivity contribution is 0.0523. The zero-order valence-electron chi connectivity index (χ0n) is 9.66. The molecule has 1 heterocycles. The van der Waals surface area contributed by atoms with E-state index in [0.29, 0.717) is 5.69 Å². The maximum absolute atomic E-state index is 11.3. The maximum atomic E-state index is 11.3. The van der Waals surface area contributed by atoms with E-state index in [1.54, 1.807) is 32.9 Å². The molecule has 0 spiro atoms. The predicted molar refractivity (Wildman–Crippen MR) is 60.1 cm³/mol. The van der Waals surface area contributed by atoms with E-state index in [-0.39, 0.29) is 12.1 Å². The van der Waals surface area contributed by atoms with Gasteiger partial charge < -0.3 is 15.0 Å². The lowest BCUT2D eigenvalue weighted by atomic mass is 10.2. The Morgan fingerprint density at radius 3 is 2.69 bits per heavy atom. The summed E-state index contributed by atoms with van der Waals surface area (Å²) >= 11 is 0. The van der Waals surface area contributed by atoms with Crippen LogP contribution in [-0.4, -0.2) is 16.7 Å². The summed E-state index contributed by atoms with van der Waals surface area (Å²) in [5.41, 5.74) is -0.0735. The lowest BCUT2D eigenvalue weighted by Crippen LogP contribution is -2.32. The van der Waals surface area contributed by atoms with Crippen LogP contribution in [0.25, 0.3) is 0 Å². The van der Waals surface area contributed by atoms with E-state index >= 15 is 0 Å². The zero-order valence-corrected chi connectivity index (χ0v) is 9.66. The van der Waals surface area contributed by atoms with Crippen molar-refractivity contribution in [2.45, 2.75) is 32.9 Å². The molecule has 0 saturated carbocycles. The van der Waals surface area contributed by atoms with Gasteiger partial charge in [0.05, 0.1) is 6.54 Å². The van der Waals surface area contributed by atoms with Crippen molar-refractivity contribution in [3.05, 3.63) is 34.2 Å². The molecule has 5 heteroatoms. The van der Waals surface area contributed by atoms with Gasteiger partial charge in [-0.3, -0.25) is 4.79 Å². The molecule has 1 aromatic heterocycles. The van der Waals surface area contributed by atoms with Gasteiger partial charge >= 0.3 is 6.09 Å². The van der Waals surface area contributed by atoms with Crippen molar-refractivity contribution >= 4 is 6.09 Å². The third kappa shape index (κ3) is 4.63. The minimum Gasteiger partial charge on any atom is -0.444 e. The second kappa shape index (κ2) is 4.83. The molecule has 1 aromatic rings. The molecule has 1 amide bonds. The van der Waals surface area contributed by atoms with Gasteiger partial charge in [-0.05, 0) is 26.8 Å². The molecule has 0 fully saturated rings. The second-order valence-corrected chi connectivity index (χ2v) is 4.40. The Kier molecular flexibility index (Phi) is 3.71. The van der Waals surface area contributed by atoms with Crippen LogP contribution in [-0.2, 0) is 11.3 Å². The Bertz CT molecular complexity index is 418. The Morgan fingerprint density at radius 1 is 1.44 bits per heavy atom. The van der Waals surface area contributed by atoms with E-state index in [0.717, 1.165) is 0 Å². The van der Waals surface area contributed by atoms with E-state index in [1.165, 1.54) is 6.07 Å². The van der Waals surface area contributed by atoms with Gasteiger partial charge in [0.25, 0.3) is 0 Å². The van der Waals surface area contributed by atoms with Gasteiger partial charge in [0.2, 0.25) is 5.56 Å². The summed E-state index contributed by atoms with van der Waals surface area (Å²) in [4.78, 5) is 24.9. The highest BCUT2D eigenvalue weighted by Gasteiger charge is 2.15. The van der Waals surface area contributed by atoms with Crippen LogP contribution in [0.1, 0.15) is 26.5 Å². The number of H-pyrrole nitrogens is 1. The molecule has 0 aromatic carbocycles. The molecule has 0 saturated heterocycles. The second-order valence-electron chi connectivity index (χ2n) is 4.40. The first-order valence-electron chi connectivity index (χ1n) is 5.02. The number of nitrogens with one attached hydrogen (secondary N) is 2. The van der Waals surface area contributed by atoms with Crippen LogP contribution in [0.15, 0.2) is 23.0 Å². The smallest absolute Gasteiger partial charge is 0.407 e. The minimum atomic E-state index is -0.520. The van der Waals surface area contributed by atoms with E-state index in [4.69, 9.17) is 4.74 Å². The molecule has 0 aliphatic heterocycles. The molecule has 0 aliphatic rings. The molecule has 1 rings (SSSR count). The Hall–Kier alpha value is -1.78. The van der Waals surface area contributed by atoms with Gasteiger partial charge in [-0.1, -0.05) is 6.07 Å². The first-order chi connectivity index (χ1) is 7.37. The summed E-state index contributed by atoms with van der Waals surface area (Å²) in [5.74, 6) is 0. The quantitative estimate of drug-likeness (QED) is 0.797. The number of hydrogen-bond donors (Lipinski definition) is 2. The fraction of sp³-hybridized carbons (Fsp3) is 0.455. The number of alkyl carbamates (subject to hydrolysis) is 1. The highest BCUT2D eigenvalue weighted by Crippen LogP contribution is 2.06. The monoisotopic (exact) mass is 224 g/mol. The van der Waals surface area contributed by atoms with Gasteiger partial charge in [0.15, 0.2) is 0 Å². The number of carbonyl (C=O) groups excluding carboxylic acids is 1. The molecular weight excluding hydrogens is 208 g/mol. The third-order valence-corrected chi connectivity index (χ3v) is 1.65. The SMILES string of the molecule is CC(C)(C)OC(=O)NCc1cccc(=O)[nH]1. The van der Waals surface area contributed by atoms with Crippen LogP contribution in [0.3, 0.4) is 0 Å². The Labute approximate surface area is 93.8 Å². The van der Waals surface area contributed by atoms with E-state index in [2.05, 4.69) is 10.3 Å². The summed E-state index contributed by atoms with van der Waals surface area (Å²) in [6, 6.07) is 4.76. The fourth-order valence-electron chi connectivity index (χ4n) is 1.08. The van der Waals surface area contributed by atoms with E-state index < -0.39 is 11.7 Å². The van der Waals surface area contributed by atoms with Gasteiger partial charge in [0.1, 0.15) is 5.60 Å². The highest BCUT2D eigenvalue weighted by atomic mass is 16.6. The largest absolute Gasteiger partial charge is 0.444 e. The minimum absolute atomic E-state index is 0.191. The van der Waals surface area contributed by atoms with Crippen LogP contribution in [0.4, 0.5) is 4.79 Å². The summed E-state index contributed by atoms with van der Waals surface area (Å²) in [5, 5.41) is 2.55. The van der Waals surface area contributed by atoms with Gasteiger partial charge in [-0.25, -0.2) is 4.79 Å². The van der Waals surface area contributed by atoms with Crippen LogP contribution in [0, 0.1) is 0 Å². The number of rotatable bonds is 2. The van der Waals surface area contributed by atoms with Crippen LogP contribution in [0.5, 0.6) is 0 Å². The van der Waals surface area contributed by atoms with Crippen molar-refractivity contribution in [3.8, 4) is 0 Å². The van der Waals surface area contributed by atoms with Gasteiger partial charge in [0, 0.05) is 11.8 Å². The van der Waals surface area contributed by atoms with Crippen molar-refractivity contribution < 1.29 is 9.53 Å². The first-order valence-corrected chi connectivity index (χ1v) is 5.02. The molecule has 0 aliphatic carbocycles. The average Bonchev–Trinajstić information content (AvgIpc) is 2.12. The standard InChI is InChI=1S/C11H16N2O3/c1-11(2,3)16-10(15)12-7-8-5-4-6-9(14)13-8/h4-6H,7H2,1-3H3,(H,12,15)(H,13,14). The average molecular weight is 224 g/mol. The Balaban J connectivity index is 2.46. The summed E-state index contributed by atoms with van der Waals surface area (Å²) < 4.78 is 5.05. The molecule has 0 radical (unpaired) electrons. The zero-order chi connectivity index (χ0) is 12.2. The van der Waals surface area contributed by atoms with Crippen molar-refractivity contribution in [3.63, 3.8) is 0 Å². The van der Waals surface area contributed by atoms with Crippen molar-refractivity contribution in [1.29, 1.82) is 0 Å². The van der Waals surface area contributed by atoms with Crippen molar-refractivity contribution in [1.82, 2.24) is 10.3 Å².